The number of benzene rings is 1. The molecule has 25 heavy (non-hydrogen) atoms. The number of nitrogens with zero attached hydrogens (tertiary/aromatic N) is 2. The fraction of sp³-hybridized carbons (Fsp3) is 0.400. The average molecular weight is 340 g/mol. The molecule has 0 radical (unpaired) electrons. The van der Waals surface area contributed by atoms with Crippen molar-refractivity contribution in [3.63, 3.8) is 0 Å². The fourth-order valence-electron chi connectivity index (χ4n) is 3.28. The van der Waals surface area contributed by atoms with E-state index >= 15 is 0 Å². The number of amides is 1. The van der Waals surface area contributed by atoms with E-state index in [9.17, 15) is 9.90 Å². The van der Waals surface area contributed by atoms with Gasteiger partial charge in [0.05, 0.1) is 13.2 Å². The first-order chi connectivity index (χ1) is 12.2. The van der Waals surface area contributed by atoms with Crippen LogP contribution in [0.2, 0.25) is 0 Å². The molecule has 0 spiro atoms. The Morgan fingerprint density at radius 1 is 1.16 bits per heavy atom. The van der Waals surface area contributed by atoms with Crippen LogP contribution in [-0.2, 0) is 17.6 Å². The Balaban J connectivity index is 1.50. The molecule has 0 bridgehead atoms. The summed E-state index contributed by atoms with van der Waals surface area (Å²) < 4.78 is 5.14. The van der Waals surface area contributed by atoms with Crippen LogP contribution in [0.1, 0.15) is 17.5 Å². The van der Waals surface area contributed by atoms with E-state index < -0.39 is 6.10 Å². The number of ether oxygens (including phenoxy) is 1. The molecular weight excluding hydrogens is 316 g/mol. The molecule has 1 aliphatic heterocycles. The number of methoxy groups -OCH3 is 1. The fourth-order valence-corrected chi connectivity index (χ4v) is 3.28. The summed E-state index contributed by atoms with van der Waals surface area (Å²) >= 11 is 0. The molecule has 5 heteroatoms. The first kappa shape index (κ1) is 17.4. The smallest absolute Gasteiger partial charge is 0.223 e. The van der Waals surface area contributed by atoms with Gasteiger partial charge in [0.2, 0.25) is 5.91 Å². The number of pyridine rings is 1. The lowest BCUT2D eigenvalue weighted by Gasteiger charge is -2.16. The maximum Gasteiger partial charge on any atom is 0.223 e. The molecular formula is C20H24N2O3. The SMILES string of the molecule is COc1ccc(CCC(=O)N2C[C@@H](Cc3ccncc3)[C@@H](O)C2)cc1. The third-order valence-corrected chi connectivity index (χ3v) is 4.79. The highest BCUT2D eigenvalue weighted by molar-refractivity contribution is 5.76. The maximum atomic E-state index is 12.5. The first-order valence-corrected chi connectivity index (χ1v) is 8.63. The molecule has 2 atom stereocenters. The Labute approximate surface area is 148 Å². The summed E-state index contributed by atoms with van der Waals surface area (Å²) in [6, 6.07) is 11.7. The molecule has 1 N–H and O–H groups in total. The minimum absolute atomic E-state index is 0.0901. The van der Waals surface area contributed by atoms with E-state index in [1.54, 1.807) is 24.4 Å². The second-order valence-corrected chi connectivity index (χ2v) is 6.53. The second kappa shape index (κ2) is 8.12. The van der Waals surface area contributed by atoms with E-state index in [1.165, 1.54) is 0 Å². The van der Waals surface area contributed by atoms with Gasteiger partial charge in [0.1, 0.15) is 5.75 Å². The van der Waals surface area contributed by atoms with Crippen molar-refractivity contribution in [3.8, 4) is 5.75 Å². The predicted molar refractivity (Wildman–Crippen MR) is 95.3 cm³/mol. The molecule has 1 aliphatic rings. The highest BCUT2D eigenvalue weighted by Crippen LogP contribution is 2.22. The van der Waals surface area contributed by atoms with Crippen molar-refractivity contribution in [3.05, 3.63) is 59.9 Å². The molecule has 0 unspecified atom stereocenters. The number of rotatable bonds is 6. The van der Waals surface area contributed by atoms with Gasteiger partial charge in [-0.3, -0.25) is 9.78 Å². The monoisotopic (exact) mass is 340 g/mol. The van der Waals surface area contributed by atoms with Crippen molar-refractivity contribution >= 4 is 5.91 Å². The number of aliphatic hydroxyl groups excluding tert-OH is 1. The quantitative estimate of drug-likeness (QED) is 0.875. The number of hydrogen-bond acceptors (Lipinski definition) is 4. The van der Waals surface area contributed by atoms with Crippen LogP contribution in [0.5, 0.6) is 5.75 Å². The van der Waals surface area contributed by atoms with Gasteiger partial charge in [0, 0.05) is 37.8 Å². The average Bonchev–Trinajstić information content (AvgIpc) is 3.01. The van der Waals surface area contributed by atoms with Gasteiger partial charge in [0.25, 0.3) is 0 Å². The van der Waals surface area contributed by atoms with E-state index in [0.29, 0.717) is 25.9 Å². The van der Waals surface area contributed by atoms with Gasteiger partial charge in [-0.05, 0) is 48.2 Å². The number of likely N-dealkylation sites (tertiary alicyclic amines) is 1. The Morgan fingerprint density at radius 3 is 2.56 bits per heavy atom. The van der Waals surface area contributed by atoms with Crippen molar-refractivity contribution in [2.24, 2.45) is 5.92 Å². The minimum atomic E-state index is -0.460. The van der Waals surface area contributed by atoms with Gasteiger partial charge < -0.3 is 14.7 Å². The van der Waals surface area contributed by atoms with Gasteiger partial charge in [-0.2, -0.15) is 0 Å². The zero-order valence-electron chi connectivity index (χ0n) is 14.5. The van der Waals surface area contributed by atoms with E-state index in [1.807, 2.05) is 36.4 Å². The van der Waals surface area contributed by atoms with Crippen molar-refractivity contribution in [2.45, 2.75) is 25.4 Å². The summed E-state index contributed by atoms with van der Waals surface area (Å²) in [5.41, 5.74) is 2.26. The first-order valence-electron chi connectivity index (χ1n) is 8.63. The van der Waals surface area contributed by atoms with Crippen LogP contribution in [-0.4, -0.2) is 47.2 Å². The molecule has 5 nitrogen and oxygen atoms in total. The molecule has 0 aliphatic carbocycles. The van der Waals surface area contributed by atoms with Gasteiger partial charge >= 0.3 is 0 Å². The van der Waals surface area contributed by atoms with Gasteiger partial charge in [0.15, 0.2) is 0 Å². The molecule has 132 valence electrons. The van der Waals surface area contributed by atoms with Gasteiger partial charge in [-0.25, -0.2) is 0 Å². The molecule has 1 saturated heterocycles. The van der Waals surface area contributed by atoms with E-state index in [2.05, 4.69) is 4.98 Å². The van der Waals surface area contributed by atoms with Crippen LogP contribution in [0, 0.1) is 5.92 Å². The number of carbonyl (C=O) groups excluding carboxylic acids is 1. The highest BCUT2D eigenvalue weighted by atomic mass is 16.5. The summed E-state index contributed by atoms with van der Waals surface area (Å²) in [5, 5.41) is 10.3. The number of aliphatic hydroxyl groups is 1. The molecule has 1 amide bonds. The van der Waals surface area contributed by atoms with E-state index in [4.69, 9.17) is 4.74 Å². The van der Waals surface area contributed by atoms with Crippen LogP contribution < -0.4 is 4.74 Å². The predicted octanol–water partition coefficient (Wildman–Crippen LogP) is 2.08. The van der Waals surface area contributed by atoms with E-state index in [0.717, 1.165) is 23.3 Å². The number of aromatic nitrogens is 1. The summed E-state index contributed by atoms with van der Waals surface area (Å²) in [5.74, 6) is 1.01. The summed E-state index contributed by atoms with van der Waals surface area (Å²) in [4.78, 5) is 18.3. The lowest BCUT2D eigenvalue weighted by atomic mass is 9.97. The number of β-amino-alcohol motifs (C(OH)–C–C–N with tert-alkyl or cyclic N) is 1. The molecule has 1 fully saturated rings. The molecule has 1 aromatic carbocycles. The normalized spacial score (nSPS) is 19.8. The summed E-state index contributed by atoms with van der Waals surface area (Å²) in [6.07, 6.45) is 4.98. The van der Waals surface area contributed by atoms with E-state index in [-0.39, 0.29) is 11.8 Å². The third kappa shape index (κ3) is 4.57. The zero-order chi connectivity index (χ0) is 17.6. The lowest BCUT2D eigenvalue weighted by Crippen LogP contribution is -2.29. The van der Waals surface area contributed by atoms with Crippen LogP contribution in [0.4, 0.5) is 0 Å². The molecule has 0 saturated carbocycles. The molecule has 2 aromatic rings. The lowest BCUT2D eigenvalue weighted by molar-refractivity contribution is -0.130. The number of aryl methyl sites for hydroxylation is 1. The number of hydrogen-bond donors (Lipinski definition) is 1. The molecule has 2 heterocycles. The van der Waals surface area contributed by atoms with Crippen LogP contribution >= 0.6 is 0 Å². The maximum absolute atomic E-state index is 12.5. The number of carbonyl (C=O) groups is 1. The highest BCUT2D eigenvalue weighted by Gasteiger charge is 2.33. The standard InChI is InChI=1S/C20H24N2O3/c1-25-18-5-2-15(3-6-18)4-7-20(24)22-13-17(19(23)14-22)12-16-8-10-21-11-9-16/h2-3,5-6,8-11,17,19,23H,4,7,12-14H2,1H3/t17-,19+/m1/s1. The summed E-state index contributed by atoms with van der Waals surface area (Å²) in [7, 11) is 1.64. The van der Waals surface area contributed by atoms with Crippen molar-refractivity contribution in [1.82, 2.24) is 9.88 Å². The summed E-state index contributed by atoms with van der Waals surface area (Å²) in [6.45, 7) is 1.04. The van der Waals surface area contributed by atoms with Crippen LogP contribution in [0.25, 0.3) is 0 Å². The molecule has 3 rings (SSSR count). The zero-order valence-corrected chi connectivity index (χ0v) is 14.5. The van der Waals surface area contributed by atoms with Gasteiger partial charge in [-0.15, -0.1) is 0 Å². The van der Waals surface area contributed by atoms with Crippen molar-refractivity contribution < 1.29 is 14.6 Å². The molecule has 1 aromatic heterocycles. The topological polar surface area (TPSA) is 62.7 Å². The minimum Gasteiger partial charge on any atom is -0.497 e. The van der Waals surface area contributed by atoms with Crippen molar-refractivity contribution in [1.29, 1.82) is 0 Å². The Kier molecular flexibility index (Phi) is 5.66. The van der Waals surface area contributed by atoms with Gasteiger partial charge in [-0.1, -0.05) is 12.1 Å². The van der Waals surface area contributed by atoms with Crippen LogP contribution in [0.15, 0.2) is 48.8 Å². The van der Waals surface area contributed by atoms with Crippen molar-refractivity contribution in [2.75, 3.05) is 20.2 Å². The second-order valence-electron chi connectivity index (χ2n) is 6.53. The Bertz CT molecular complexity index is 688. The third-order valence-electron chi connectivity index (χ3n) is 4.79. The Morgan fingerprint density at radius 2 is 1.88 bits per heavy atom. The Hall–Kier alpha value is -2.40. The van der Waals surface area contributed by atoms with Crippen LogP contribution in [0.3, 0.4) is 0 Å². The largest absolute Gasteiger partial charge is 0.497 e.